The molecule has 0 N–H and O–H groups in total. The van der Waals surface area contributed by atoms with Gasteiger partial charge in [0.1, 0.15) is 16.7 Å². The fraction of sp³-hybridized carbons (Fsp3) is 0.217. The molecule has 0 radical (unpaired) electrons. The zero-order valence-electron chi connectivity index (χ0n) is 16.7. The fourth-order valence-corrected chi connectivity index (χ4v) is 3.24. The van der Waals surface area contributed by atoms with Crippen LogP contribution in [0.4, 0.5) is 10.1 Å². The summed E-state index contributed by atoms with van der Waals surface area (Å²) in [6.07, 6.45) is 4.13. The summed E-state index contributed by atoms with van der Waals surface area (Å²) < 4.78 is 14.6. The molecule has 1 amide bonds. The fourth-order valence-electron chi connectivity index (χ4n) is 3.03. The van der Waals surface area contributed by atoms with E-state index in [-0.39, 0.29) is 18.1 Å². The lowest BCUT2D eigenvalue weighted by molar-refractivity contribution is -0.118. The van der Waals surface area contributed by atoms with E-state index in [9.17, 15) is 14.0 Å². The van der Waals surface area contributed by atoms with E-state index in [4.69, 9.17) is 11.6 Å². The van der Waals surface area contributed by atoms with Crippen molar-refractivity contribution in [3.05, 3.63) is 77.1 Å². The van der Waals surface area contributed by atoms with Crippen molar-refractivity contribution in [2.75, 3.05) is 11.9 Å². The number of aromatic nitrogens is 2. The Hall–Kier alpha value is -3.12. The lowest BCUT2D eigenvalue weighted by Crippen LogP contribution is -2.25. The number of anilines is 1. The molecule has 30 heavy (non-hydrogen) atoms. The van der Waals surface area contributed by atoms with Crippen LogP contribution in [0.3, 0.4) is 0 Å². The second-order valence-electron chi connectivity index (χ2n) is 6.78. The molecule has 0 spiro atoms. The monoisotopic (exact) mass is 425 g/mol. The lowest BCUT2D eigenvalue weighted by atomic mass is 10.0. The Balaban J connectivity index is 1.71. The Bertz CT molecular complexity index is 1070. The van der Waals surface area contributed by atoms with Crippen LogP contribution in [0.1, 0.15) is 35.8 Å². The van der Waals surface area contributed by atoms with Gasteiger partial charge in [0, 0.05) is 49.1 Å². The minimum atomic E-state index is -0.463. The van der Waals surface area contributed by atoms with E-state index in [0.29, 0.717) is 40.5 Å². The Labute approximate surface area is 179 Å². The van der Waals surface area contributed by atoms with Gasteiger partial charge in [-0.05, 0) is 42.3 Å². The van der Waals surface area contributed by atoms with Crippen molar-refractivity contribution in [3.8, 4) is 11.1 Å². The van der Waals surface area contributed by atoms with Crippen molar-refractivity contribution in [2.45, 2.75) is 26.2 Å². The molecule has 2 aromatic heterocycles. The van der Waals surface area contributed by atoms with Crippen molar-refractivity contribution in [1.82, 2.24) is 9.97 Å². The van der Waals surface area contributed by atoms with Gasteiger partial charge in [0.2, 0.25) is 5.91 Å². The number of aryl methyl sites for hydroxylation is 1. The summed E-state index contributed by atoms with van der Waals surface area (Å²) in [5.41, 5.74) is 2.50. The topological polar surface area (TPSA) is 63.2 Å². The van der Waals surface area contributed by atoms with Crippen LogP contribution in [0.5, 0.6) is 0 Å². The van der Waals surface area contributed by atoms with Crippen molar-refractivity contribution >= 4 is 29.0 Å². The van der Waals surface area contributed by atoms with Gasteiger partial charge in [0.15, 0.2) is 5.78 Å². The molecule has 0 unspecified atom stereocenters. The summed E-state index contributed by atoms with van der Waals surface area (Å²) in [5, 5.41) is 0.388. The van der Waals surface area contributed by atoms with Crippen LogP contribution < -0.4 is 4.90 Å². The number of hydrogen-bond acceptors (Lipinski definition) is 4. The third kappa shape index (κ3) is 4.89. The molecule has 1 aromatic carbocycles. The molecular weight excluding hydrogens is 405 g/mol. The van der Waals surface area contributed by atoms with Crippen LogP contribution in [-0.4, -0.2) is 28.7 Å². The second kappa shape index (κ2) is 9.59. The van der Waals surface area contributed by atoms with Gasteiger partial charge in [0.25, 0.3) is 0 Å². The standard InChI is InChI=1S/C23H21ClFN3O2/c1-3-22(30)28(2)17-8-9-18(19(25)13-17)16-6-10-20(27-14-16)21(29)11-7-15-5-4-12-26-23(15)24/h4-6,8-10,12-14H,3,7,11H2,1-2H3. The van der Waals surface area contributed by atoms with Crippen LogP contribution in [0.15, 0.2) is 54.9 Å². The first-order chi connectivity index (χ1) is 14.4. The highest BCUT2D eigenvalue weighted by molar-refractivity contribution is 6.30. The highest BCUT2D eigenvalue weighted by Gasteiger charge is 2.14. The summed E-state index contributed by atoms with van der Waals surface area (Å²) in [4.78, 5) is 33.8. The number of carbonyl (C=O) groups excluding carboxylic acids is 2. The minimum Gasteiger partial charge on any atom is -0.315 e. The van der Waals surface area contributed by atoms with E-state index in [1.165, 1.54) is 17.2 Å². The van der Waals surface area contributed by atoms with E-state index in [1.807, 2.05) is 6.07 Å². The molecule has 0 atom stereocenters. The molecule has 0 bridgehead atoms. The highest BCUT2D eigenvalue weighted by Crippen LogP contribution is 2.27. The minimum absolute atomic E-state index is 0.0979. The smallest absolute Gasteiger partial charge is 0.226 e. The molecule has 0 aliphatic rings. The normalized spacial score (nSPS) is 10.7. The summed E-state index contributed by atoms with van der Waals surface area (Å²) >= 11 is 6.02. The number of halogens is 2. The molecule has 154 valence electrons. The Kier molecular flexibility index (Phi) is 6.90. The van der Waals surface area contributed by atoms with Gasteiger partial charge in [-0.3, -0.25) is 14.6 Å². The number of ketones is 1. The predicted molar refractivity (Wildman–Crippen MR) is 115 cm³/mol. The maximum absolute atomic E-state index is 14.6. The molecule has 0 fully saturated rings. The third-order valence-electron chi connectivity index (χ3n) is 4.83. The van der Waals surface area contributed by atoms with Gasteiger partial charge in [-0.25, -0.2) is 9.37 Å². The Morgan fingerprint density at radius 3 is 2.57 bits per heavy atom. The van der Waals surface area contributed by atoms with Crippen LogP contribution in [-0.2, 0) is 11.2 Å². The average Bonchev–Trinajstić information content (AvgIpc) is 2.77. The van der Waals surface area contributed by atoms with Gasteiger partial charge in [-0.1, -0.05) is 30.7 Å². The summed E-state index contributed by atoms with van der Waals surface area (Å²) in [7, 11) is 1.61. The number of rotatable bonds is 7. The van der Waals surface area contributed by atoms with Gasteiger partial charge >= 0.3 is 0 Å². The summed E-state index contributed by atoms with van der Waals surface area (Å²) in [6, 6.07) is 11.5. The molecule has 3 rings (SSSR count). The van der Waals surface area contributed by atoms with E-state index < -0.39 is 5.82 Å². The van der Waals surface area contributed by atoms with Crippen molar-refractivity contribution in [1.29, 1.82) is 0 Å². The highest BCUT2D eigenvalue weighted by atomic mass is 35.5. The zero-order valence-corrected chi connectivity index (χ0v) is 17.5. The lowest BCUT2D eigenvalue weighted by Gasteiger charge is -2.17. The predicted octanol–water partition coefficient (Wildman–Crippen LogP) is 5.12. The number of benzene rings is 1. The number of amides is 1. The van der Waals surface area contributed by atoms with Gasteiger partial charge in [-0.15, -0.1) is 0 Å². The number of carbonyl (C=O) groups is 2. The molecule has 5 nitrogen and oxygen atoms in total. The molecule has 2 heterocycles. The van der Waals surface area contributed by atoms with Crippen molar-refractivity contribution in [3.63, 3.8) is 0 Å². The first-order valence-corrected chi connectivity index (χ1v) is 9.93. The number of pyridine rings is 2. The maximum atomic E-state index is 14.6. The number of Topliss-reactive ketones (excluding diaryl/α,β-unsaturated/α-hetero) is 1. The molecule has 0 saturated carbocycles. The Morgan fingerprint density at radius 2 is 1.93 bits per heavy atom. The SMILES string of the molecule is CCC(=O)N(C)c1ccc(-c2ccc(C(=O)CCc3cccnc3Cl)nc2)c(F)c1. The number of hydrogen-bond donors (Lipinski definition) is 0. The largest absolute Gasteiger partial charge is 0.315 e. The first-order valence-electron chi connectivity index (χ1n) is 9.55. The number of nitrogens with zero attached hydrogens (tertiary/aromatic N) is 3. The summed E-state index contributed by atoms with van der Waals surface area (Å²) in [6.45, 7) is 1.75. The average molecular weight is 426 g/mol. The zero-order chi connectivity index (χ0) is 21.7. The quantitative estimate of drug-likeness (QED) is 0.389. The molecular formula is C23H21ClFN3O2. The molecule has 3 aromatic rings. The van der Waals surface area contributed by atoms with Gasteiger partial charge in [-0.2, -0.15) is 0 Å². The molecule has 0 aliphatic heterocycles. The van der Waals surface area contributed by atoms with E-state index >= 15 is 0 Å². The maximum Gasteiger partial charge on any atom is 0.226 e. The summed E-state index contributed by atoms with van der Waals surface area (Å²) in [5.74, 6) is -0.688. The van der Waals surface area contributed by atoms with E-state index in [2.05, 4.69) is 9.97 Å². The Morgan fingerprint density at radius 1 is 1.13 bits per heavy atom. The van der Waals surface area contributed by atoms with Crippen molar-refractivity contribution < 1.29 is 14.0 Å². The van der Waals surface area contributed by atoms with Crippen LogP contribution in [0, 0.1) is 5.82 Å². The van der Waals surface area contributed by atoms with Crippen LogP contribution in [0.25, 0.3) is 11.1 Å². The molecule has 0 saturated heterocycles. The van der Waals surface area contributed by atoms with E-state index in [0.717, 1.165) is 5.56 Å². The molecule has 0 aliphatic carbocycles. The van der Waals surface area contributed by atoms with Crippen LogP contribution >= 0.6 is 11.6 Å². The molecule has 7 heteroatoms. The second-order valence-corrected chi connectivity index (χ2v) is 7.14. The van der Waals surface area contributed by atoms with Crippen LogP contribution in [0.2, 0.25) is 5.15 Å². The van der Waals surface area contributed by atoms with Gasteiger partial charge in [0.05, 0.1) is 0 Å². The third-order valence-corrected chi connectivity index (χ3v) is 5.17. The van der Waals surface area contributed by atoms with E-state index in [1.54, 1.807) is 50.5 Å². The first kappa shape index (κ1) is 21.6. The van der Waals surface area contributed by atoms with Gasteiger partial charge < -0.3 is 4.90 Å². The van der Waals surface area contributed by atoms with Crippen molar-refractivity contribution in [2.24, 2.45) is 0 Å².